The molecule has 0 aliphatic carbocycles. The molecule has 2 aliphatic heterocycles. The third-order valence-electron chi connectivity index (χ3n) is 7.09. The monoisotopic (exact) mass is 497 g/mol. The van der Waals surface area contributed by atoms with Crippen LogP contribution in [-0.4, -0.2) is 72.6 Å². The number of carbonyl (C=O) groups excluding carboxylic acids is 1. The van der Waals surface area contributed by atoms with Gasteiger partial charge in [0.15, 0.2) is 0 Å². The van der Waals surface area contributed by atoms with E-state index in [1.54, 1.807) is 6.07 Å². The van der Waals surface area contributed by atoms with E-state index in [4.69, 9.17) is 0 Å². The summed E-state index contributed by atoms with van der Waals surface area (Å²) in [4.78, 5) is 30.4. The summed E-state index contributed by atoms with van der Waals surface area (Å²) in [5.74, 6) is -0.488. The summed E-state index contributed by atoms with van der Waals surface area (Å²) in [5, 5.41) is 9.37. The van der Waals surface area contributed by atoms with E-state index in [-0.39, 0.29) is 29.6 Å². The molecular formula is C26H38F3N3O3. The summed E-state index contributed by atoms with van der Waals surface area (Å²) < 4.78 is 39.2. The van der Waals surface area contributed by atoms with E-state index in [0.29, 0.717) is 44.7 Å². The molecule has 2 saturated heterocycles. The van der Waals surface area contributed by atoms with Crippen molar-refractivity contribution in [3.05, 3.63) is 29.8 Å². The number of halogens is 3. The summed E-state index contributed by atoms with van der Waals surface area (Å²) in [6.45, 7) is 10.9. The minimum atomic E-state index is -4.35. The maximum Gasteiger partial charge on any atom is 0.416 e. The van der Waals surface area contributed by atoms with Crippen molar-refractivity contribution < 1.29 is 27.9 Å². The van der Waals surface area contributed by atoms with Crippen LogP contribution in [0.4, 0.5) is 18.9 Å². The number of hydrogen-bond acceptors (Lipinski definition) is 4. The average Bonchev–Trinajstić information content (AvgIpc) is 2.77. The first kappa shape index (κ1) is 27.3. The Labute approximate surface area is 206 Å². The van der Waals surface area contributed by atoms with Crippen LogP contribution in [0.1, 0.15) is 52.0 Å². The van der Waals surface area contributed by atoms with E-state index in [0.717, 1.165) is 32.1 Å². The Morgan fingerprint density at radius 3 is 2.31 bits per heavy atom. The van der Waals surface area contributed by atoms with Gasteiger partial charge in [-0.15, -0.1) is 0 Å². The van der Waals surface area contributed by atoms with Gasteiger partial charge in [-0.25, -0.2) is 0 Å². The predicted octanol–water partition coefficient (Wildman–Crippen LogP) is 4.59. The van der Waals surface area contributed by atoms with Crippen molar-refractivity contribution in [1.29, 1.82) is 0 Å². The highest BCUT2D eigenvalue weighted by atomic mass is 19.4. The summed E-state index contributed by atoms with van der Waals surface area (Å²) in [5.41, 5.74) is -0.143. The van der Waals surface area contributed by atoms with Crippen molar-refractivity contribution in [3.8, 4) is 0 Å². The van der Waals surface area contributed by atoms with Crippen LogP contribution >= 0.6 is 0 Å². The van der Waals surface area contributed by atoms with Gasteiger partial charge < -0.3 is 14.9 Å². The van der Waals surface area contributed by atoms with Crippen molar-refractivity contribution in [2.75, 3.05) is 50.7 Å². The number of carboxylic acid groups (broad SMARTS) is 1. The molecule has 35 heavy (non-hydrogen) atoms. The van der Waals surface area contributed by atoms with Crippen LogP contribution in [0.3, 0.4) is 0 Å². The lowest BCUT2D eigenvalue weighted by Crippen LogP contribution is -2.49. The first-order valence-corrected chi connectivity index (χ1v) is 12.5. The topological polar surface area (TPSA) is 64.1 Å². The Kier molecular flexibility index (Phi) is 8.72. The second kappa shape index (κ2) is 11.2. The van der Waals surface area contributed by atoms with Gasteiger partial charge in [0.1, 0.15) is 0 Å². The van der Waals surface area contributed by atoms with Gasteiger partial charge in [-0.3, -0.25) is 14.5 Å². The second-order valence-electron chi connectivity index (χ2n) is 11.1. The van der Waals surface area contributed by atoms with E-state index >= 15 is 0 Å². The van der Waals surface area contributed by atoms with Crippen molar-refractivity contribution in [3.63, 3.8) is 0 Å². The molecule has 1 amide bonds. The Bertz CT molecular complexity index is 877. The molecule has 1 aromatic carbocycles. The van der Waals surface area contributed by atoms with Crippen LogP contribution in [-0.2, 0) is 15.8 Å². The maximum atomic E-state index is 13.1. The van der Waals surface area contributed by atoms with Crippen molar-refractivity contribution >= 4 is 17.6 Å². The van der Waals surface area contributed by atoms with E-state index < -0.39 is 17.7 Å². The summed E-state index contributed by atoms with van der Waals surface area (Å²) in [6, 6.07) is 5.46. The highest BCUT2D eigenvalue weighted by molar-refractivity contribution is 5.77. The van der Waals surface area contributed by atoms with Gasteiger partial charge in [0.25, 0.3) is 0 Å². The fourth-order valence-electron chi connectivity index (χ4n) is 5.15. The van der Waals surface area contributed by atoms with Gasteiger partial charge in [0.2, 0.25) is 5.91 Å². The molecule has 0 spiro atoms. The van der Waals surface area contributed by atoms with Gasteiger partial charge in [-0.2, -0.15) is 13.2 Å². The number of nitrogens with zero attached hydrogens (tertiary/aromatic N) is 3. The molecule has 0 aromatic heterocycles. The first-order chi connectivity index (χ1) is 16.3. The number of carbonyl (C=O) groups is 2. The molecule has 1 aromatic rings. The fraction of sp³-hybridized carbons (Fsp3) is 0.692. The first-order valence-electron chi connectivity index (χ1n) is 12.5. The lowest BCUT2D eigenvalue weighted by atomic mass is 9.80. The highest BCUT2D eigenvalue weighted by Crippen LogP contribution is 2.33. The Morgan fingerprint density at radius 2 is 1.71 bits per heavy atom. The normalized spacial score (nSPS) is 22.3. The minimum absolute atomic E-state index is 0.0533. The molecular weight excluding hydrogens is 459 g/mol. The number of amides is 1. The average molecular weight is 498 g/mol. The fourth-order valence-corrected chi connectivity index (χ4v) is 5.15. The van der Waals surface area contributed by atoms with Crippen LogP contribution in [0.25, 0.3) is 0 Å². The van der Waals surface area contributed by atoms with E-state index in [2.05, 4.69) is 4.90 Å². The Balaban J connectivity index is 1.55. The van der Waals surface area contributed by atoms with Gasteiger partial charge >= 0.3 is 12.1 Å². The molecule has 0 saturated carbocycles. The second-order valence-corrected chi connectivity index (χ2v) is 11.1. The molecule has 1 N–H and O–H groups in total. The van der Waals surface area contributed by atoms with Crippen LogP contribution in [0, 0.1) is 17.3 Å². The van der Waals surface area contributed by atoms with Crippen LogP contribution in [0.2, 0.25) is 0 Å². The lowest BCUT2D eigenvalue weighted by Gasteiger charge is -2.41. The highest BCUT2D eigenvalue weighted by Gasteiger charge is 2.34. The van der Waals surface area contributed by atoms with Crippen LogP contribution in [0.15, 0.2) is 24.3 Å². The lowest BCUT2D eigenvalue weighted by molar-refractivity contribution is -0.140. The smallest absolute Gasteiger partial charge is 0.416 e. The predicted molar refractivity (Wildman–Crippen MR) is 129 cm³/mol. The van der Waals surface area contributed by atoms with Crippen molar-refractivity contribution in [1.82, 2.24) is 9.80 Å². The van der Waals surface area contributed by atoms with E-state index in [9.17, 15) is 27.9 Å². The van der Waals surface area contributed by atoms with E-state index in [1.807, 2.05) is 30.6 Å². The largest absolute Gasteiger partial charge is 0.481 e. The third kappa shape index (κ3) is 8.12. The van der Waals surface area contributed by atoms with Crippen molar-refractivity contribution in [2.24, 2.45) is 17.3 Å². The zero-order chi connectivity index (χ0) is 25.8. The zero-order valence-corrected chi connectivity index (χ0v) is 21.0. The molecule has 2 atom stereocenters. The molecule has 6 nitrogen and oxygen atoms in total. The standard InChI is InChI=1S/C26H38F3N3O3/c1-25(2,3)17-23(33)32-10-8-19(15-24(34)35)20(18-32)7-9-30-11-13-31(14-12-30)22-6-4-5-21(16-22)26(27,28)29/h4-6,16,19-20H,7-15,17-18H2,1-3H3,(H,34,35). The number of aliphatic carboxylic acids is 1. The number of anilines is 1. The number of hydrogen-bond donors (Lipinski definition) is 1. The zero-order valence-electron chi connectivity index (χ0n) is 21.0. The van der Waals surface area contributed by atoms with Crippen LogP contribution < -0.4 is 4.90 Å². The molecule has 9 heteroatoms. The maximum absolute atomic E-state index is 13.1. The number of rotatable bonds is 7. The van der Waals surface area contributed by atoms with Gasteiger partial charge in [-0.05, 0) is 54.8 Å². The quantitative estimate of drug-likeness (QED) is 0.597. The molecule has 2 fully saturated rings. The van der Waals surface area contributed by atoms with Crippen molar-refractivity contribution in [2.45, 2.75) is 52.6 Å². The SMILES string of the molecule is CC(C)(C)CC(=O)N1CCC(CC(=O)O)C(CCN2CCN(c3cccc(C(F)(F)F)c3)CC2)C1. The Morgan fingerprint density at radius 1 is 1.03 bits per heavy atom. The number of carboxylic acids is 1. The minimum Gasteiger partial charge on any atom is -0.481 e. The number of piperidine rings is 1. The van der Waals surface area contributed by atoms with Crippen LogP contribution in [0.5, 0.6) is 0 Å². The molecule has 2 aliphatic rings. The molecule has 3 rings (SSSR count). The van der Waals surface area contributed by atoms with Gasteiger partial charge in [-0.1, -0.05) is 26.8 Å². The summed E-state index contributed by atoms with van der Waals surface area (Å²) in [7, 11) is 0. The summed E-state index contributed by atoms with van der Waals surface area (Å²) >= 11 is 0. The molecule has 0 bridgehead atoms. The van der Waals surface area contributed by atoms with Gasteiger partial charge in [0, 0.05) is 57.8 Å². The number of piperazine rings is 1. The number of benzene rings is 1. The molecule has 2 unspecified atom stereocenters. The third-order valence-corrected chi connectivity index (χ3v) is 7.09. The molecule has 2 heterocycles. The number of likely N-dealkylation sites (tertiary alicyclic amines) is 1. The Hall–Kier alpha value is -2.29. The van der Waals surface area contributed by atoms with E-state index in [1.165, 1.54) is 12.1 Å². The summed E-state index contributed by atoms with van der Waals surface area (Å²) in [6.07, 6.45) is -2.25. The van der Waals surface area contributed by atoms with Gasteiger partial charge in [0.05, 0.1) is 5.56 Å². The molecule has 0 radical (unpaired) electrons. The number of alkyl halides is 3. The molecule has 196 valence electrons.